The highest BCUT2D eigenvalue weighted by molar-refractivity contribution is 7.92. The maximum absolute atomic E-state index is 12.8. The predicted octanol–water partition coefficient (Wildman–Crippen LogP) is 3.27. The van der Waals surface area contributed by atoms with Crippen molar-refractivity contribution in [3.63, 3.8) is 0 Å². The number of ether oxygens (including phenoxy) is 1. The van der Waals surface area contributed by atoms with Crippen molar-refractivity contribution in [2.45, 2.75) is 24.5 Å². The highest BCUT2D eigenvalue weighted by Crippen LogP contribution is 2.22. The molecule has 1 amide bonds. The van der Waals surface area contributed by atoms with Gasteiger partial charge in [0.1, 0.15) is 0 Å². The summed E-state index contributed by atoms with van der Waals surface area (Å²) in [5, 5.41) is 0. The largest absolute Gasteiger partial charge is 0.449 e. The number of amides is 1. The summed E-state index contributed by atoms with van der Waals surface area (Å²) in [6.45, 7) is 1.83. The molecule has 9 heteroatoms. The number of esters is 1. The lowest BCUT2D eigenvalue weighted by Gasteiger charge is -2.22. The summed E-state index contributed by atoms with van der Waals surface area (Å²) in [5.74, 6) is -1.21. The molecule has 0 fully saturated rings. The first-order chi connectivity index (χ1) is 15.7. The SMILES string of the molecule is C[C@H](OC(=O)c1ccccc1NS(=O)(=O)c1cccc(N)c1)C(=O)N(C)Cc1ccccc1. The lowest BCUT2D eigenvalue weighted by molar-refractivity contribution is -0.139. The topological polar surface area (TPSA) is 119 Å². The number of carbonyl (C=O) groups is 2. The Labute approximate surface area is 193 Å². The predicted molar refractivity (Wildman–Crippen MR) is 126 cm³/mol. The summed E-state index contributed by atoms with van der Waals surface area (Å²) in [6.07, 6.45) is -1.07. The lowest BCUT2D eigenvalue weighted by Crippen LogP contribution is -2.37. The maximum atomic E-state index is 12.8. The number of benzene rings is 3. The first kappa shape index (κ1) is 23.8. The first-order valence-electron chi connectivity index (χ1n) is 10.1. The molecular formula is C24H25N3O5S. The number of nitrogens with two attached hydrogens (primary N) is 1. The summed E-state index contributed by atoms with van der Waals surface area (Å²) in [4.78, 5) is 26.9. The molecule has 3 aromatic carbocycles. The number of hydrogen-bond acceptors (Lipinski definition) is 6. The van der Waals surface area contributed by atoms with Gasteiger partial charge < -0.3 is 15.4 Å². The van der Waals surface area contributed by atoms with Gasteiger partial charge in [-0.25, -0.2) is 13.2 Å². The number of nitrogens with one attached hydrogen (secondary N) is 1. The number of anilines is 2. The molecule has 0 aliphatic rings. The van der Waals surface area contributed by atoms with E-state index in [0.29, 0.717) is 6.54 Å². The van der Waals surface area contributed by atoms with Crippen molar-refractivity contribution >= 4 is 33.3 Å². The van der Waals surface area contributed by atoms with E-state index in [9.17, 15) is 18.0 Å². The van der Waals surface area contributed by atoms with E-state index >= 15 is 0 Å². The van der Waals surface area contributed by atoms with Gasteiger partial charge in [-0.05, 0) is 42.8 Å². The van der Waals surface area contributed by atoms with Crippen molar-refractivity contribution < 1.29 is 22.7 Å². The average molecular weight is 468 g/mol. The van der Waals surface area contributed by atoms with Gasteiger partial charge in [-0.15, -0.1) is 0 Å². The van der Waals surface area contributed by atoms with Crippen LogP contribution < -0.4 is 10.5 Å². The summed E-state index contributed by atoms with van der Waals surface area (Å²) in [5.41, 5.74) is 6.92. The van der Waals surface area contributed by atoms with Gasteiger partial charge in [0.15, 0.2) is 6.10 Å². The first-order valence-corrected chi connectivity index (χ1v) is 11.6. The Hall–Kier alpha value is -3.85. The van der Waals surface area contributed by atoms with Crippen molar-refractivity contribution in [3.05, 3.63) is 90.0 Å². The second-order valence-corrected chi connectivity index (χ2v) is 9.13. The van der Waals surface area contributed by atoms with Gasteiger partial charge in [-0.1, -0.05) is 48.5 Å². The molecule has 0 aromatic heterocycles. The van der Waals surface area contributed by atoms with Crippen molar-refractivity contribution in [2.24, 2.45) is 0 Å². The van der Waals surface area contributed by atoms with E-state index in [1.165, 1.54) is 42.2 Å². The molecule has 0 heterocycles. The quantitative estimate of drug-likeness (QED) is 0.388. The minimum absolute atomic E-state index is 0.0182. The molecule has 0 saturated carbocycles. The number of sulfonamides is 1. The molecule has 3 rings (SSSR count). The zero-order valence-corrected chi connectivity index (χ0v) is 19.1. The van der Waals surface area contributed by atoms with Crippen molar-refractivity contribution in [3.8, 4) is 0 Å². The zero-order chi connectivity index (χ0) is 24.0. The minimum Gasteiger partial charge on any atom is -0.449 e. The Balaban J connectivity index is 1.72. The van der Waals surface area contributed by atoms with Crippen LogP contribution in [0, 0.1) is 0 Å². The van der Waals surface area contributed by atoms with Crippen LogP contribution in [0.15, 0.2) is 83.8 Å². The molecule has 0 unspecified atom stereocenters. The van der Waals surface area contributed by atoms with Gasteiger partial charge >= 0.3 is 5.97 Å². The van der Waals surface area contributed by atoms with Crippen molar-refractivity contribution in [1.82, 2.24) is 4.90 Å². The van der Waals surface area contributed by atoms with Gasteiger partial charge in [-0.3, -0.25) is 9.52 Å². The van der Waals surface area contributed by atoms with Crippen LogP contribution in [0.3, 0.4) is 0 Å². The van der Waals surface area contributed by atoms with Crippen molar-refractivity contribution in [2.75, 3.05) is 17.5 Å². The van der Waals surface area contributed by atoms with Gasteiger partial charge in [0.2, 0.25) is 0 Å². The number of nitrogen functional groups attached to an aromatic ring is 1. The number of rotatable bonds is 8. The molecule has 0 aliphatic heterocycles. The van der Waals surface area contributed by atoms with Crippen LogP contribution in [0.4, 0.5) is 11.4 Å². The third kappa shape index (κ3) is 6.11. The summed E-state index contributed by atoms with van der Waals surface area (Å²) in [6, 6.07) is 21.2. The van der Waals surface area contributed by atoms with E-state index in [0.717, 1.165) is 5.56 Å². The van der Waals surface area contributed by atoms with Crippen LogP contribution in [0.2, 0.25) is 0 Å². The molecule has 1 atom stereocenters. The van der Waals surface area contributed by atoms with E-state index in [1.54, 1.807) is 25.2 Å². The lowest BCUT2D eigenvalue weighted by atomic mass is 10.2. The van der Waals surface area contributed by atoms with Crippen LogP contribution in [-0.4, -0.2) is 38.3 Å². The monoisotopic (exact) mass is 467 g/mol. The van der Waals surface area contributed by atoms with Gasteiger partial charge in [0.05, 0.1) is 16.1 Å². The minimum atomic E-state index is -4.00. The third-order valence-corrected chi connectivity index (χ3v) is 6.19. The normalized spacial score (nSPS) is 11.9. The molecule has 3 N–H and O–H groups in total. The molecule has 0 radical (unpaired) electrons. The summed E-state index contributed by atoms with van der Waals surface area (Å²) >= 11 is 0. The number of nitrogens with zero attached hydrogens (tertiary/aromatic N) is 1. The molecule has 3 aromatic rings. The van der Waals surface area contributed by atoms with Crippen LogP contribution in [0.5, 0.6) is 0 Å². The van der Waals surface area contributed by atoms with Crippen molar-refractivity contribution in [1.29, 1.82) is 0 Å². The highest BCUT2D eigenvalue weighted by atomic mass is 32.2. The Morgan fingerprint density at radius 1 is 1.00 bits per heavy atom. The Bertz CT molecular complexity index is 1250. The van der Waals surface area contributed by atoms with E-state index in [2.05, 4.69) is 4.72 Å². The molecule has 172 valence electrons. The number of hydrogen-bond donors (Lipinski definition) is 2. The van der Waals surface area contributed by atoms with E-state index < -0.39 is 22.1 Å². The molecule has 0 bridgehead atoms. The van der Waals surface area contributed by atoms with E-state index in [4.69, 9.17) is 10.5 Å². The fourth-order valence-electron chi connectivity index (χ4n) is 3.16. The van der Waals surface area contributed by atoms with Crippen LogP contribution in [0.25, 0.3) is 0 Å². The molecule has 8 nitrogen and oxygen atoms in total. The number of para-hydroxylation sites is 1. The Morgan fingerprint density at radius 3 is 2.36 bits per heavy atom. The fraction of sp³-hybridized carbons (Fsp3) is 0.167. The second-order valence-electron chi connectivity index (χ2n) is 7.45. The highest BCUT2D eigenvalue weighted by Gasteiger charge is 2.25. The molecule has 0 aliphatic carbocycles. The smallest absolute Gasteiger partial charge is 0.341 e. The second kappa shape index (κ2) is 10.2. The van der Waals surface area contributed by atoms with Gasteiger partial charge in [0, 0.05) is 19.3 Å². The third-order valence-electron chi connectivity index (χ3n) is 4.83. The van der Waals surface area contributed by atoms with Crippen LogP contribution in [0.1, 0.15) is 22.8 Å². The molecule has 0 spiro atoms. The fourth-order valence-corrected chi connectivity index (χ4v) is 4.29. The summed E-state index contributed by atoms with van der Waals surface area (Å²) in [7, 11) is -2.38. The summed E-state index contributed by atoms with van der Waals surface area (Å²) < 4.78 is 33.2. The Morgan fingerprint density at radius 2 is 1.67 bits per heavy atom. The van der Waals surface area contributed by atoms with Gasteiger partial charge in [-0.2, -0.15) is 0 Å². The van der Waals surface area contributed by atoms with E-state index in [-0.39, 0.29) is 27.7 Å². The zero-order valence-electron chi connectivity index (χ0n) is 18.3. The van der Waals surface area contributed by atoms with Crippen LogP contribution >= 0.6 is 0 Å². The molecule has 33 heavy (non-hydrogen) atoms. The average Bonchev–Trinajstić information content (AvgIpc) is 2.79. The number of carbonyl (C=O) groups excluding carboxylic acids is 2. The Kier molecular flexibility index (Phi) is 7.34. The number of likely N-dealkylation sites (N-methyl/N-ethyl adjacent to an activating group) is 1. The standard InChI is InChI=1S/C24H25N3O5S/c1-17(23(28)27(2)16-18-9-4-3-5-10-18)32-24(29)21-13-6-7-14-22(21)26-33(30,31)20-12-8-11-19(25)15-20/h3-15,17,26H,16,25H2,1-2H3/t17-/m0/s1. The van der Waals surface area contributed by atoms with Gasteiger partial charge in [0.25, 0.3) is 15.9 Å². The molecule has 0 saturated heterocycles. The molecular weight excluding hydrogens is 442 g/mol. The van der Waals surface area contributed by atoms with E-state index in [1.807, 2.05) is 30.3 Å². The maximum Gasteiger partial charge on any atom is 0.341 e. The van der Waals surface area contributed by atoms with Crippen LogP contribution in [-0.2, 0) is 26.1 Å².